The molecule has 0 spiro atoms. The second-order valence-corrected chi connectivity index (χ2v) is 3.64. The fourth-order valence-corrected chi connectivity index (χ4v) is 1.89. The van der Waals surface area contributed by atoms with E-state index in [-0.39, 0.29) is 0 Å². The zero-order chi connectivity index (χ0) is 9.68. The highest BCUT2D eigenvalue weighted by Gasteiger charge is 2.21. The van der Waals surface area contributed by atoms with Gasteiger partial charge < -0.3 is 4.74 Å². The van der Waals surface area contributed by atoms with E-state index < -0.39 is 5.43 Å². The first-order valence-electron chi connectivity index (χ1n) is 4.80. The predicted octanol–water partition coefficient (Wildman–Crippen LogP) is 2.24. The smallest absolute Gasteiger partial charge is 0.403 e. The van der Waals surface area contributed by atoms with E-state index >= 15 is 0 Å². The molecule has 1 aliphatic heterocycles. The first-order valence-corrected chi connectivity index (χ1v) is 5.18. The van der Waals surface area contributed by atoms with Crippen molar-refractivity contribution < 1.29 is 9.53 Å². The zero-order valence-electron chi connectivity index (χ0n) is 7.96. The first-order chi connectivity index (χ1) is 6.24. The highest BCUT2D eigenvalue weighted by molar-refractivity contribution is 6.61. The Labute approximate surface area is 84.0 Å². The van der Waals surface area contributed by atoms with E-state index in [2.05, 4.69) is 11.8 Å². The molecule has 0 aromatic heterocycles. The van der Waals surface area contributed by atoms with Gasteiger partial charge >= 0.3 is 5.43 Å². The monoisotopic (exact) mass is 205 g/mol. The zero-order valence-corrected chi connectivity index (χ0v) is 8.72. The maximum absolute atomic E-state index is 10.4. The summed E-state index contributed by atoms with van der Waals surface area (Å²) in [6.45, 7) is 4.70. The Balaban J connectivity index is 2.31. The molecule has 1 unspecified atom stereocenters. The number of halogens is 1. The van der Waals surface area contributed by atoms with Crippen molar-refractivity contribution in [1.29, 1.82) is 0 Å². The number of hydrogen-bond donors (Lipinski definition) is 0. The molecular weight excluding hydrogens is 190 g/mol. The molecule has 4 heteroatoms. The Morgan fingerprint density at radius 2 is 2.38 bits per heavy atom. The van der Waals surface area contributed by atoms with Crippen LogP contribution < -0.4 is 0 Å². The van der Waals surface area contributed by atoms with Crippen molar-refractivity contribution in [1.82, 2.24) is 4.90 Å². The van der Waals surface area contributed by atoms with Gasteiger partial charge in [-0.05, 0) is 25.9 Å². The Kier molecular flexibility index (Phi) is 4.53. The SMILES string of the molecule is CCN1CCCCC1COC(=O)Cl. The normalized spacial score (nSPS) is 24.3. The van der Waals surface area contributed by atoms with E-state index in [1.54, 1.807) is 0 Å². The van der Waals surface area contributed by atoms with E-state index in [0.717, 1.165) is 19.5 Å². The number of likely N-dealkylation sites (N-methyl/N-ethyl adjacent to an activating group) is 1. The summed E-state index contributed by atoms with van der Waals surface area (Å²) < 4.78 is 4.80. The summed E-state index contributed by atoms with van der Waals surface area (Å²) in [4.78, 5) is 12.7. The van der Waals surface area contributed by atoms with Gasteiger partial charge in [-0.1, -0.05) is 13.3 Å². The van der Waals surface area contributed by atoms with Crippen molar-refractivity contribution >= 4 is 17.0 Å². The second-order valence-electron chi connectivity index (χ2n) is 3.33. The van der Waals surface area contributed by atoms with Gasteiger partial charge in [0.15, 0.2) is 0 Å². The molecule has 0 bridgehead atoms. The van der Waals surface area contributed by atoms with Gasteiger partial charge in [0.05, 0.1) is 0 Å². The number of nitrogens with zero attached hydrogens (tertiary/aromatic N) is 1. The van der Waals surface area contributed by atoms with Crippen LogP contribution in [0.2, 0.25) is 0 Å². The number of carbonyl (C=O) groups is 1. The van der Waals surface area contributed by atoms with E-state index in [4.69, 9.17) is 16.3 Å². The number of rotatable bonds is 3. The molecule has 1 saturated heterocycles. The van der Waals surface area contributed by atoms with Crippen molar-refractivity contribution in [3.63, 3.8) is 0 Å². The molecule has 0 aliphatic carbocycles. The molecule has 76 valence electrons. The van der Waals surface area contributed by atoms with E-state index in [9.17, 15) is 4.79 Å². The second kappa shape index (κ2) is 5.45. The summed E-state index contributed by atoms with van der Waals surface area (Å²) in [6, 6.07) is 0.376. The van der Waals surface area contributed by atoms with Crippen LogP contribution in [-0.2, 0) is 4.74 Å². The standard InChI is InChI=1S/C9H16ClNO2/c1-2-11-6-4-3-5-8(11)7-13-9(10)12/h8H,2-7H2,1H3. The quantitative estimate of drug-likeness (QED) is 0.662. The Hall–Kier alpha value is -0.280. The third kappa shape index (κ3) is 3.53. The molecular formula is C9H16ClNO2. The van der Waals surface area contributed by atoms with Crippen molar-refractivity contribution in [2.75, 3.05) is 19.7 Å². The summed E-state index contributed by atoms with van der Waals surface area (Å²) >= 11 is 5.11. The fraction of sp³-hybridized carbons (Fsp3) is 0.889. The Bertz CT molecular complexity index is 175. The molecule has 3 nitrogen and oxygen atoms in total. The number of carbonyl (C=O) groups excluding carboxylic acids is 1. The van der Waals surface area contributed by atoms with E-state index in [1.807, 2.05) is 0 Å². The van der Waals surface area contributed by atoms with Crippen LogP contribution in [0.4, 0.5) is 4.79 Å². The number of hydrogen-bond acceptors (Lipinski definition) is 3. The third-order valence-corrected chi connectivity index (χ3v) is 2.65. The Morgan fingerprint density at radius 1 is 1.62 bits per heavy atom. The van der Waals surface area contributed by atoms with Crippen molar-refractivity contribution in [3.05, 3.63) is 0 Å². The lowest BCUT2D eigenvalue weighted by atomic mass is 10.0. The molecule has 0 aromatic carbocycles. The van der Waals surface area contributed by atoms with Gasteiger partial charge in [-0.3, -0.25) is 4.90 Å². The average Bonchev–Trinajstić information content (AvgIpc) is 2.15. The maximum Gasteiger partial charge on any atom is 0.403 e. The molecule has 1 rings (SSSR count). The highest BCUT2D eigenvalue weighted by atomic mass is 35.5. The molecule has 0 N–H and O–H groups in total. The summed E-state index contributed by atoms with van der Waals surface area (Å²) in [7, 11) is 0. The summed E-state index contributed by atoms with van der Waals surface area (Å²) in [5.41, 5.74) is -0.693. The molecule has 1 atom stereocenters. The van der Waals surface area contributed by atoms with Gasteiger partial charge in [0.2, 0.25) is 0 Å². The third-order valence-electron chi connectivity index (χ3n) is 2.54. The van der Waals surface area contributed by atoms with Crippen LogP contribution in [-0.4, -0.2) is 36.1 Å². The van der Waals surface area contributed by atoms with Crippen LogP contribution in [0.15, 0.2) is 0 Å². The van der Waals surface area contributed by atoms with Crippen LogP contribution in [0, 0.1) is 0 Å². The molecule has 1 aliphatic rings. The fourth-order valence-electron chi connectivity index (χ4n) is 1.83. The molecule has 0 aromatic rings. The minimum Gasteiger partial charge on any atom is -0.452 e. The number of likely N-dealkylation sites (tertiary alicyclic amines) is 1. The number of piperidine rings is 1. The van der Waals surface area contributed by atoms with Gasteiger partial charge in [-0.15, -0.1) is 0 Å². The maximum atomic E-state index is 10.4. The van der Waals surface area contributed by atoms with Gasteiger partial charge in [-0.25, -0.2) is 4.79 Å². The van der Waals surface area contributed by atoms with Gasteiger partial charge in [0.25, 0.3) is 0 Å². The predicted molar refractivity (Wildman–Crippen MR) is 52.1 cm³/mol. The van der Waals surface area contributed by atoms with Crippen molar-refractivity contribution in [2.24, 2.45) is 0 Å². The molecule has 1 fully saturated rings. The van der Waals surface area contributed by atoms with Crippen molar-refractivity contribution in [2.45, 2.75) is 32.2 Å². The average molecular weight is 206 g/mol. The van der Waals surface area contributed by atoms with Crippen LogP contribution in [0.25, 0.3) is 0 Å². The van der Waals surface area contributed by atoms with E-state index in [1.165, 1.54) is 12.8 Å². The van der Waals surface area contributed by atoms with Crippen LogP contribution in [0.5, 0.6) is 0 Å². The van der Waals surface area contributed by atoms with Crippen LogP contribution in [0.1, 0.15) is 26.2 Å². The topological polar surface area (TPSA) is 29.5 Å². The molecule has 0 saturated carbocycles. The summed E-state index contributed by atoms with van der Waals surface area (Å²) in [5, 5.41) is 0. The summed E-state index contributed by atoms with van der Waals surface area (Å²) in [5.74, 6) is 0. The van der Waals surface area contributed by atoms with Gasteiger partial charge in [0, 0.05) is 17.6 Å². The molecule has 0 radical (unpaired) electrons. The lowest BCUT2D eigenvalue weighted by Gasteiger charge is -2.34. The molecule has 1 heterocycles. The molecule has 13 heavy (non-hydrogen) atoms. The van der Waals surface area contributed by atoms with Crippen LogP contribution >= 0.6 is 11.6 Å². The lowest BCUT2D eigenvalue weighted by molar-refractivity contribution is 0.0827. The Morgan fingerprint density at radius 3 is 3.00 bits per heavy atom. The number of ether oxygens (including phenoxy) is 1. The minimum absolute atomic E-state index is 0.376. The first kappa shape index (κ1) is 10.8. The lowest BCUT2D eigenvalue weighted by Crippen LogP contribution is -2.42. The highest BCUT2D eigenvalue weighted by Crippen LogP contribution is 2.16. The van der Waals surface area contributed by atoms with Gasteiger partial charge in [-0.2, -0.15) is 0 Å². The molecule has 0 amide bonds. The van der Waals surface area contributed by atoms with Crippen LogP contribution in [0.3, 0.4) is 0 Å². The largest absolute Gasteiger partial charge is 0.452 e. The van der Waals surface area contributed by atoms with Gasteiger partial charge in [0.1, 0.15) is 6.61 Å². The summed E-state index contributed by atoms with van der Waals surface area (Å²) in [6.07, 6.45) is 3.58. The minimum atomic E-state index is -0.693. The van der Waals surface area contributed by atoms with Crippen molar-refractivity contribution in [3.8, 4) is 0 Å². The van der Waals surface area contributed by atoms with E-state index in [0.29, 0.717) is 12.6 Å².